The maximum Gasteiger partial charge on any atom is 0.325 e. The van der Waals surface area contributed by atoms with Gasteiger partial charge in [0.25, 0.3) is 10.1 Å². The number of carbonyl (C=O) groups is 1. The Morgan fingerprint density at radius 3 is 1.95 bits per heavy atom. The molecule has 4 N–H and O–H groups in total. The standard InChI is InChI=1S/C8H9NO2.C7H8O3S/c9-7(8(10)11)6-4-2-1-3-5-6;1-6-2-4-7(5-3-6)11(8,9)10/h1-5,7H,9H2,(H,10,11);2-5H,1H3,(H,8,9,10)/t7-;/m0./s1. The predicted octanol–water partition coefficient (Wildman–Crippen LogP) is 2.01. The fourth-order valence-corrected chi connectivity index (χ4v) is 1.99. The molecule has 0 bridgehead atoms. The van der Waals surface area contributed by atoms with Gasteiger partial charge in [-0.1, -0.05) is 48.0 Å². The van der Waals surface area contributed by atoms with Gasteiger partial charge >= 0.3 is 5.97 Å². The van der Waals surface area contributed by atoms with E-state index in [2.05, 4.69) is 0 Å². The summed E-state index contributed by atoms with van der Waals surface area (Å²) in [7, 11) is -4.02. The molecule has 0 amide bonds. The van der Waals surface area contributed by atoms with Gasteiger partial charge in [-0.2, -0.15) is 8.42 Å². The normalized spacial score (nSPS) is 12.0. The third kappa shape index (κ3) is 5.65. The SMILES string of the molecule is Cc1ccc(S(=O)(=O)O)cc1.N[C@H](C(=O)O)c1ccccc1. The quantitative estimate of drug-likeness (QED) is 0.744. The Morgan fingerprint density at radius 2 is 1.55 bits per heavy atom. The van der Waals surface area contributed by atoms with E-state index in [4.69, 9.17) is 15.4 Å². The van der Waals surface area contributed by atoms with Crippen molar-refractivity contribution < 1.29 is 22.9 Å². The molecule has 22 heavy (non-hydrogen) atoms. The molecule has 0 fully saturated rings. The highest BCUT2D eigenvalue weighted by atomic mass is 32.2. The summed E-state index contributed by atoms with van der Waals surface area (Å²) in [5.74, 6) is -1.00. The zero-order valence-electron chi connectivity index (χ0n) is 11.9. The second-order valence-electron chi connectivity index (χ2n) is 4.51. The molecule has 2 aromatic rings. The van der Waals surface area contributed by atoms with Crippen LogP contribution in [0.5, 0.6) is 0 Å². The second kappa shape index (κ2) is 7.69. The van der Waals surface area contributed by atoms with Gasteiger partial charge in [-0.15, -0.1) is 0 Å². The Hall–Kier alpha value is -2.22. The van der Waals surface area contributed by atoms with Gasteiger partial charge in [0.05, 0.1) is 4.90 Å². The summed E-state index contributed by atoms with van der Waals surface area (Å²) in [6, 6.07) is 13.8. The van der Waals surface area contributed by atoms with Crippen LogP contribution in [0, 0.1) is 6.92 Å². The van der Waals surface area contributed by atoms with Gasteiger partial charge in [0.15, 0.2) is 0 Å². The Balaban J connectivity index is 0.000000220. The van der Waals surface area contributed by atoms with Crippen molar-refractivity contribution in [3.8, 4) is 0 Å². The van der Waals surface area contributed by atoms with E-state index in [0.29, 0.717) is 5.56 Å². The van der Waals surface area contributed by atoms with E-state index in [9.17, 15) is 13.2 Å². The van der Waals surface area contributed by atoms with E-state index in [-0.39, 0.29) is 4.90 Å². The Morgan fingerprint density at radius 1 is 1.05 bits per heavy atom. The number of carboxylic acid groups (broad SMARTS) is 1. The van der Waals surface area contributed by atoms with Crippen LogP contribution in [0.15, 0.2) is 59.5 Å². The third-order valence-corrected chi connectivity index (χ3v) is 3.61. The summed E-state index contributed by atoms with van der Waals surface area (Å²) < 4.78 is 29.6. The molecule has 0 unspecified atom stereocenters. The average molecular weight is 323 g/mol. The molecular formula is C15H17NO5S. The molecular weight excluding hydrogens is 306 g/mol. The molecule has 6 nitrogen and oxygen atoms in total. The van der Waals surface area contributed by atoms with Gasteiger partial charge in [-0.25, -0.2) is 0 Å². The molecule has 0 saturated heterocycles. The number of aliphatic carboxylic acids is 1. The summed E-state index contributed by atoms with van der Waals surface area (Å²) in [4.78, 5) is 10.3. The van der Waals surface area contributed by atoms with E-state index in [1.807, 2.05) is 13.0 Å². The van der Waals surface area contributed by atoms with Crippen molar-refractivity contribution in [2.75, 3.05) is 0 Å². The van der Waals surface area contributed by atoms with Crippen molar-refractivity contribution in [2.45, 2.75) is 17.9 Å². The van der Waals surface area contributed by atoms with E-state index in [0.717, 1.165) is 5.56 Å². The van der Waals surface area contributed by atoms with Crippen LogP contribution in [0.4, 0.5) is 0 Å². The summed E-state index contributed by atoms with van der Waals surface area (Å²) in [5, 5.41) is 8.51. The zero-order valence-corrected chi connectivity index (χ0v) is 12.7. The Labute approximate surface area is 129 Å². The lowest BCUT2D eigenvalue weighted by atomic mass is 10.1. The lowest BCUT2D eigenvalue weighted by Crippen LogP contribution is -2.20. The van der Waals surface area contributed by atoms with Crippen LogP contribution >= 0.6 is 0 Å². The molecule has 2 rings (SSSR count). The molecule has 2 aromatic carbocycles. The van der Waals surface area contributed by atoms with E-state index in [1.54, 1.807) is 36.4 Å². The van der Waals surface area contributed by atoms with Gasteiger partial charge < -0.3 is 10.8 Å². The van der Waals surface area contributed by atoms with Crippen molar-refractivity contribution in [1.82, 2.24) is 0 Å². The van der Waals surface area contributed by atoms with Crippen LogP contribution in [0.25, 0.3) is 0 Å². The van der Waals surface area contributed by atoms with Crippen molar-refractivity contribution in [2.24, 2.45) is 5.73 Å². The van der Waals surface area contributed by atoms with Crippen molar-refractivity contribution in [1.29, 1.82) is 0 Å². The molecule has 0 aliphatic rings. The lowest BCUT2D eigenvalue weighted by Gasteiger charge is -2.04. The van der Waals surface area contributed by atoms with Crippen molar-refractivity contribution in [3.05, 3.63) is 65.7 Å². The molecule has 0 aliphatic heterocycles. The minimum absolute atomic E-state index is 0.0666. The van der Waals surface area contributed by atoms with E-state index >= 15 is 0 Å². The molecule has 0 aromatic heterocycles. The van der Waals surface area contributed by atoms with E-state index in [1.165, 1.54) is 12.1 Å². The Bertz CT molecular complexity index is 711. The van der Waals surface area contributed by atoms with Gasteiger partial charge in [-0.3, -0.25) is 9.35 Å². The topological polar surface area (TPSA) is 118 Å². The summed E-state index contributed by atoms with van der Waals surface area (Å²) in [5.41, 5.74) is 6.92. The van der Waals surface area contributed by atoms with Crippen molar-refractivity contribution in [3.63, 3.8) is 0 Å². The molecule has 7 heteroatoms. The highest BCUT2D eigenvalue weighted by molar-refractivity contribution is 7.85. The molecule has 0 saturated carbocycles. The van der Waals surface area contributed by atoms with Gasteiger partial charge in [-0.05, 0) is 24.6 Å². The first-order valence-electron chi connectivity index (χ1n) is 6.29. The van der Waals surface area contributed by atoms with Crippen LogP contribution in [-0.2, 0) is 14.9 Å². The number of nitrogens with two attached hydrogens (primary N) is 1. The van der Waals surface area contributed by atoms with Crippen LogP contribution in [0.2, 0.25) is 0 Å². The first kappa shape index (κ1) is 17.8. The maximum atomic E-state index is 10.5. The van der Waals surface area contributed by atoms with Gasteiger partial charge in [0.1, 0.15) is 6.04 Å². The van der Waals surface area contributed by atoms with Crippen LogP contribution in [-0.4, -0.2) is 24.0 Å². The summed E-state index contributed by atoms with van der Waals surface area (Å²) in [6.45, 7) is 1.84. The first-order chi connectivity index (χ1) is 10.2. The minimum Gasteiger partial charge on any atom is -0.480 e. The molecule has 0 heterocycles. The predicted molar refractivity (Wildman–Crippen MR) is 82.0 cm³/mol. The average Bonchev–Trinajstić information content (AvgIpc) is 2.47. The van der Waals surface area contributed by atoms with Crippen LogP contribution in [0.1, 0.15) is 17.2 Å². The van der Waals surface area contributed by atoms with Gasteiger partial charge in [0, 0.05) is 0 Å². The maximum absolute atomic E-state index is 10.5. The largest absolute Gasteiger partial charge is 0.480 e. The van der Waals surface area contributed by atoms with Gasteiger partial charge in [0.2, 0.25) is 0 Å². The Kier molecular flexibility index (Phi) is 6.24. The number of hydrogen-bond donors (Lipinski definition) is 3. The highest BCUT2D eigenvalue weighted by Crippen LogP contribution is 2.09. The number of aryl methyl sites for hydroxylation is 1. The number of benzene rings is 2. The fourth-order valence-electron chi connectivity index (χ4n) is 1.51. The van der Waals surface area contributed by atoms with Crippen molar-refractivity contribution >= 4 is 16.1 Å². The summed E-state index contributed by atoms with van der Waals surface area (Å²) in [6.07, 6.45) is 0. The summed E-state index contributed by atoms with van der Waals surface area (Å²) >= 11 is 0. The molecule has 0 aliphatic carbocycles. The fraction of sp³-hybridized carbons (Fsp3) is 0.133. The van der Waals surface area contributed by atoms with Crippen LogP contribution in [0.3, 0.4) is 0 Å². The number of rotatable bonds is 3. The molecule has 0 radical (unpaired) electrons. The molecule has 118 valence electrons. The highest BCUT2D eigenvalue weighted by Gasteiger charge is 2.12. The number of carboxylic acids is 1. The first-order valence-corrected chi connectivity index (χ1v) is 7.73. The number of hydrogen-bond acceptors (Lipinski definition) is 4. The second-order valence-corrected chi connectivity index (χ2v) is 5.94. The zero-order chi connectivity index (χ0) is 16.8. The van der Waals surface area contributed by atoms with E-state index < -0.39 is 22.1 Å². The monoisotopic (exact) mass is 323 g/mol. The smallest absolute Gasteiger partial charge is 0.325 e. The molecule has 0 spiro atoms. The minimum atomic E-state index is -4.02. The lowest BCUT2D eigenvalue weighted by molar-refractivity contribution is -0.138. The molecule has 1 atom stereocenters. The third-order valence-electron chi connectivity index (χ3n) is 2.74. The van der Waals surface area contributed by atoms with Crippen LogP contribution < -0.4 is 5.73 Å².